The first-order valence-corrected chi connectivity index (χ1v) is 5.92. The molecule has 2 unspecified atom stereocenters. The van der Waals surface area contributed by atoms with Crippen LogP contribution in [0, 0.1) is 0 Å². The summed E-state index contributed by atoms with van der Waals surface area (Å²) in [5, 5.41) is 22.0. The van der Waals surface area contributed by atoms with E-state index in [1.165, 1.54) is 6.33 Å². The Labute approximate surface area is 102 Å². The lowest BCUT2D eigenvalue weighted by molar-refractivity contribution is -0.616. The topological polar surface area (TPSA) is 121 Å². The molecule has 8 nitrogen and oxygen atoms in total. The van der Waals surface area contributed by atoms with Crippen molar-refractivity contribution in [3.63, 3.8) is 0 Å². The van der Waals surface area contributed by atoms with Crippen LogP contribution in [0.4, 0.5) is 17.3 Å². The van der Waals surface area contributed by atoms with Crippen LogP contribution in [0.5, 0.6) is 0 Å². The maximum Gasteiger partial charge on any atom is 0.217 e. The number of anilines is 2. The lowest BCUT2D eigenvalue weighted by Gasteiger charge is -2.36. The first-order chi connectivity index (χ1) is 8.66. The van der Waals surface area contributed by atoms with Crippen molar-refractivity contribution in [2.75, 3.05) is 10.6 Å². The molecule has 0 aliphatic carbocycles. The summed E-state index contributed by atoms with van der Waals surface area (Å²) in [5.74, 6) is 1.07. The molecule has 0 amide bonds. The summed E-state index contributed by atoms with van der Waals surface area (Å²) >= 11 is 0. The fourth-order valence-corrected chi connectivity index (χ4v) is 3.10. The number of aliphatic hydroxyl groups is 2. The number of aliphatic hydroxyl groups excluding tert-OH is 2. The maximum absolute atomic E-state index is 10.3. The lowest BCUT2D eigenvalue weighted by atomic mass is 10.1. The molecule has 2 saturated heterocycles. The first-order valence-electron chi connectivity index (χ1n) is 5.92. The minimum Gasteiger partial charge on any atom is -0.390 e. The summed E-state index contributed by atoms with van der Waals surface area (Å²) in [4.78, 5) is 10.0. The van der Waals surface area contributed by atoms with Gasteiger partial charge in [0.05, 0.1) is 6.10 Å². The molecule has 3 aliphatic rings. The zero-order chi connectivity index (χ0) is 12.4. The Morgan fingerprint density at radius 1 is 1.44 bits per heavy atom. The van der Waals surface area contributed by atoms with E-state index in [4.69, 9.17) is 10.5 Å². The van der Waals surface area contributed by atoms with E-state index in [2.05, 4.69) is 9.97 Å². The summed E-state index contributed by atoms with van der Waals surface area (Å²) in [6.07, 6.45) is -0.594. The molecule has 0 saturated carbocycles. The van der Waals surface area contributed by atoms with Gasteiger partial charge in [-0.25, -0.2) is 9.97 Å². The lowest BCUT2D eigenvalue weighted by Crippen LogP contribution is -2.90. The Hall–Kier alpha value is -1.48. The fraction of sp³-hybridized carbons (Fsp3) is 0.600. The van der Waals surface area contributed by atoms with Crippen molar-refractivity contribution in [3.05, 3.63) is 6.33 Å². The van der Waals surface area contributed by atoms with Crippen molar-refractivity contribution in [2.45, 2.75) is 37.1 Å². The van der Waals surface area contributed by atoms with Gasteiger partial charge in [-0.1, -0.05) is 0 Å². The van der Waals surface area contributed by atoms with E-state index in [0.29, 0.717) is 18.1 Å². The van der Waals surface area contributed by atoms with Gasteiger partial charge in [-0.3, -0.25) is 10.2 Å². The van der Waals surface area contributed by atoms with Crippen LogP contribution in [0.3, 0.4) is 0 Å². The van der Waals surface area contributed by atoms with E-state index in [0.717, 1.165) is 5.69 Å². The molecule has 96 valence electrons. The monoisotopic (exact) mass is 252 g/mol. The molecular formula is C10H14N5O3+. The highest BCUT2D eigenvalue weighted by Crippen LogP contribution is 2.40. The van der Waals surface area contributed by atoms with Gasteiger partial charge in [-0.05, 0) is 0 Å². The van der Waals surface area contributed by atoms with Crippen LogP contribution in [-0.4, -0.2) is 50.9 Å². The number of nitrogen functional groups attached to an aromatic ring is 1. The molecule has 18 heavy (non-hydrogen) atoms. The van der Waals surface area contributed by atoms with Gasteiger partial charge in [-0.2, -0.15) is 0 Å². The quantitative estimate of drug-likeness (QED) is 0.395. The number of ether oxygens (including phenoxy) is 1. The zero-order valence-corrected chi connectivity index (χ0v) is 9.47. The molecule has 5 atom stereocenters. The van der Waals surface area contributed by atoms with E-state index >= 15 is 0 Å². The molecular weight excluding hydrogens is 238 g/mol. The standard InChI is InChI=1S/C10H13N5O3/c11-8-5-9(13-2-12-8)15-4-1-3(16)7(18-4)6(17)10(15)14-5/h2-4,6-7,10,14,16-17H,1H2,(H2,11,12,13)/p+1/t3-,4+,6?,7-,10?/m0/s1. The summed E-state index contributed by atoms with van der Waals surface area (Å²) in [6, 6.07) is 0. The minimum atomic E-state index is -0.785. The predicted molar refractivity (Wildman–Crippen MR) is 59.6 cm³/mol. The molecule has 6 N–H and O–H groups in total. The number of hydrogen-bond acceptors (Lipinski definition) is 7. The number of hydrogen-bond donors (Lipinski definition) is 4. The minimum absolute atomic E-state index is 0.250. The fourth-order valence-electron chi connectivity index (χ4n) is 3.10. The third-order valence-electron chi connectivity index (χ3n) is 3.93. The van der Waals surface area contributed by atoms with Gasteiger partial charge in [0.2, 0.25) is 11.5 Å². The summed E-state index contributed by atoms with van der Waals surface area (Å²) in [5.41, 5.74) is 6.56. The molecule has 0 spiro atoms. The number of nitrogens with zero attached hydrogens (tertiary/aromatic N) is 3. The molecule has 1 aromatic heterocycles. The van der Waals surface area contributed by atoms with E-state index in [-0.39, 0.29) is 12.4 Å². The van der Waals surface area contributed by atoms with E-state index < -0.39 is 18.3 Å². The Balaban J connectivity index is 1.82. The highest BCUT2D eigenvalue weighted by molar-refractivity contribution is 5.70. The normalized spacial score (nSPS) is 40.8. The van der Waals surface area contributed by atoms with Crippen LogP contribution in [0.15, 0.2) is 6.33 Å². The van der Waals surface area contributed by atoms with Gasteiger partial charge in [0.25, 0.3) is 0 Å². The van der Waals surface area contributed by atoms with Crippen molar-refractivity contribution in [3.8, 4) is 0 Å². The van der Waals surface area contributed by atoms with Crippen LogP contribution in [0.25, 0.3) is 0 Å². The van der Waals surface area contributed by atoms with E-state index in [1.54, 1.807) is 0 Å². The molecule has 0 radical (unpaired) electrons. The molecule has 2 bridgehead atoms. The third kappa shape index (κ3) is 1.13. The average molecular weight is 252 g/mol. The molecule has 8 heteroatoms. The second-order valence-corrected chi connectivity index (χ2v) is 4.91. The molecule has 4 rings (SSSR count). The Morgan fingerprint density at radius 3 is 3.11 bits per heavy atom. The van der Waals surface area contributed by atoms with Gasteiger partial charge in [0.1, 0.15) is 18.7 Å². The van der Waals surface area contributed by atoms with Gasteiger partial charge >= 0.3 is 0 Å². The third-order valence-corrected chi connectivity index (χ3v) is 3.93. The number of nitrogens with two attached hydrogens (primary N) is 2. The molecule has 0 aromatic carbocycles. The van der Waals surface area contributed by atoms with Crippen LogP contribution < -0.4 is 16.0 Å². The van der Waals surface area contributed by atoms with Gasteiger partial charge in [0.15, 0.2) is 18.1 Å². The smallest absolute Gasteiger partial charge is 0.217 e. The number of quaternary nitrogens is 1. The predicted octanol–water partition coefficient (Wildman–Crippen LogP) is -2.75. The summed E-state index contributed by atoms with van der Waals surface area (Å²) in [6.45, 7) is 0. The van der Waals surface area contributed by atoms with Crippen molar-refractivity contribution in [1.82, 2.24) is 9.97 Å². The summed E-state index contributed by atoms with van der Waals surface area (Å²) in [7, 11) is 0. The zero-order valence-electron chi connectivity index (χ0n) is 9.47. The Bertz CT molecular complexity index is 512. The van der Waals surface area contributed by atoms with Gasteiger partial charge in [0, 0.05) is 6.42 Å². The van der Waals surface area contributed by atoms with Crippen molar-refractivity contribution in [1.29, 1.82) is 0 Å². The first kappa shape index (κ1) is 10.4. The maximum atomic E-state index is 10.3. The number of aromatic nitrogens is 2. The van der Waals surface area contributed by atoms with Crippen LogP contribution in [0.2, 0.25) is 0 Å². The SMILES string of the molecule is Nc1ncnc2c1[NH2+]C1C(O)[C@H]3O[C@H](C[C@@H]3O)N21. The second kappa shape index (κ2) is 3.29. The highest BCUT2D eigenvalue weighted by Gasteiger charge is 2.58. The molecule has 3 aliphatic heterocycles. The van der Waals surface area contributed by atoms with Crippen LogP contribution in [-0.2, 0) is 4.74 Å². The van der Waals surface area contributed by atoms with E-state index in [1.807, 2.05) is 10.2 Å². The average Bonchev–Trinajstić information content (AvgIpc) is 2.88. The van der Waals surface area contributed by atoms with Crippen molar-refractivity contribution < 1.29 is 20.3 Å². The van der Waals surface area contributed by atoms with E-state index in [9.17, 15) is 10.2 Å². The van der Waals surface area contributed by atoms with Crippen LogP contribution >= 0.6 is 0 Å². The Kier molecular flexibility index (Phi) is 1.91. The van der Waals surface area contributed by atoms with Crippen molar-refractivity contribution in [2.24, 2.45) is 0 Å². The highest BCUT2D eigenvalue weighted by atomic mass is 16.6. The number of rotatable bonds is 0. The summed E-state index contributed by atoms with van der Waals surface area (Å²) < 4.78 is 5.64. The molecule has 1 aromatic rings. The van der Waals surface area contributed by atoms with Crippen LogP contribution in [0.1, 0.15) is 6.42 Å². The van der Waals surface area contributed by atoms with Crippen molar-refractivity contribution >= 4 is 17.3 Å². The van der Waals surface area contributed by atoms with Gasteiger partial charge < -0.3 is 20.7 Å². The van der Waals surface area contributed by atoms with Gasteiger partial charge in [-0.15, -0.1) is 0 Å². The molecule has 2 fully saturated rings. The number of fused-ring (bicyclic) bond motifs is 6. The molecule has 4 heterocycles. The second-order valence-electron chi connectivity index (χ2n) is 4.91. The largest absolute Gasteiger partial charge is 0.390 e. The Morgan fingerprint density at radius 2 is 2.28 bits per heavy atom.